The first-order valence-corrected chi connectivity index (χ1v) is 7.30. The molecule has 1 fully saturated rings. The summed E-state index contributed by atoms with van der Waals surface area (Å²) in [6.07, 6.45) is 2.92. The molecule has 1 aliphatic rings. The predicted molar refractivity (Wildman–Crippen MR) is 81.2 cm³/mol. The van der Waals surface area contributed by atoms with Crippen LogP contribution in [0.25, 0.3) is 0 Å². The van der Waals surface area contributed by atoms with Gasteiger partial charge in [0.2, 0.25) is 0 Å². The van der Waals surface area contributed by atoms with E-state index in [-0.39, 0.29) is 23.5 Å². The van der Waals surface area contributed by atoms with Crippen molar-refractivity contribution in [1.29, 1.82) is 0 Å². The summed E-state index contributed by atoms with van der Waals surface area (Å²) in [7, 11) is 0. The van der Waals surface area contributed by atoms with Crippen LogP contribution in [0.1, 0.15) is 50.1 Å². The molecule has 8 nitrogen and oxygen atoms in total. The lowest BCUT2D eigenvalue weighted by atomic mass is 10.1. The number of rotatable bonds is 2. The maximum absolute atomic E-state index is 12.1. The van der Waals surface area contributed by atoms with E-state index in [2.05, 4.69) is 5.10 Å². The molecule has 1 aliphatic heterocycles. The van der Waals surface area contributed by atoms with Gasteiger partial charge in [-0.3, -0.25) is 9.48 Å². The van der Waals surface area contributed by atoms with Gasteiger partial charge in [0.05, 0.1) is 11.7 Å². The van der Waals surface area contributed by atoms with Crippen LogP contribution in [0.5, 0.6) is 0 Å². The monoisotopic (exact) mass is 309 g/mol. The average Bonchev–Trinajstić information content (AvgIpc) is 2.79. The quantitative estimate of drug-likeness (QED) is 0.849. The van der Waals surface area contributed by atoms with Crippen LogP contribution >= 0.6 is 0 Å². The highest BCUT2D eigenvalue weighted by Crippen LogP contribution is 2.24. The minimum atomic E-state index is -0.656. The Morgan fingerprint density at radius 2 is 2.09 bits per heavy atom. The lowest BCUT2D eigenvalue weighted by Gasteiger charge is -2.34. The predicted octanol–water partition coefficient (Wildman–Crippen LogP) is 1.14. The van der Waals surface area contributed by atoms with Crippen molar-refractivity contribution in [2.24, 2.45) is 5.73 Å². The molecule has 2 amide bonds. The fourth-order valence-electron chi connectivity index (χ4n) is 2.45. The summed E-state index contributed by atoms with van der Waals surface area (Å²) >= 11 is 0. The first kappa shape index (κ1) is 16.1. The second-order valence-corrected chi connectivity index (χ2v) is 6.50. The van der Waals surface area contributed by atoms with Gasteiger partial charge in [-0.1, -0.05) is 0 Å². The number of nitrogens with zero attached hydrogens (tertiary/aromatic N) is 3. The first-order valence-electron chi connectivity index (χ1n) is 7.30. The van der Waals surface area contributed by atoms with E-state index in [0.29, 0.717) is 13.1 Å². The Bertz CT molecular complexity index is 576. The topological polar surface area (TPSA) is 116 Å². The zero-order chi connectivity index (χ0) is 16.5. The number of nitrogens with two attached hydrogens (primary N) is 2. The molecule has 2 heterocycles. The summed E-state index contributed by atoms with van der Waals surface area (Å²) in [5.74, 6) is -0.656. The number of amides is 2. The van der Waals surface area contributed by atoms with Crippen molar-refractivity contribution < 1.29 is 14.3 Å². The van der Waals surface area contributed by atoms with Gasteiger partial charge in [0.25, 0.3) is 5.91 Å². The molecule has 1 saturated heterocycles. The summed E-state index contributed by atoms with van der Waals surface area (Å²) < 4.78 is 7.00. The molecular formula is C14H23N5O3. The fraction of sp³-hybridized carbons (Fsp3) is 0.643. The Morgan fingerprint density at radius 1 is 1.41 bits per heavy atom. The second kappa shape index (κ2) is 5.86. The third-order valence-corrected chi connectivity index (χ3v) is 3.42. The molecule has 0 saturated carbocycles. The van der Waals surface area contributed by atoms with E-state index in [4.69, 9.17) is 16.2 Å². The first-order chi connectivity index (χ1) is 10.2. The molecule has 1 atom stereocenters. The lowest BCUT2D eigenvalue weighted by Crippen LogP contribution is -2.43. The number of piperidine rings is 1. The van der Waals surface area contributed by atoms with Crippen molar-refractivity contribution in [3.63, 3.8) is 0 Å². The molecule has 1 aromatic heterocycles. The summed E-state index contributed by atoms with van der Waals surface area (Å²) in [5, 5.41) is 4.14. The van der Waals surface area contributed by atoms with Crippen LogP contribution in [0.3, 0.4) is 0 Å². The lowest BCUT2D eigenvalue weighted by molar-refractivity contribution is 0.0167. The molecule has 0 aromatic carbocycles. The smallest absolute Gasteiger partial charge is 0.410 e. The van der Waals surface area contributed by atoms with Gasteiger partial charge in [0.1, 0.15) is 5.60 Å². The van der Waals surface area contributed by atoms with Gasteiger partial charge >= 0.3 is 6.09 Å². The molecule has 8 heteroatoms. The molecule has 0 aliphatic carbocycles. The fourth-order valence-corrected chi connectivity index (χ4v) is 2.45. The SMILES string of the molecule is CC(C)(C)OC(=O)N1CCCC(n2cc(N)c(C(N)=O)n2)C1. The Balaban J connectivity index is 2.09. The van der Waals surface area contributed by atoms with E-state index in [9.17, 15) is 9.59 Å². The number of anilines is 1. The zero-order valence-corrected chi connectivity index (χ0v) is 13.2. The molecule has 0 radical (unpaired) electrons. The Labute approximate surface area is 129 Å². The van der Waals surface area contributed by atoms with Gasteiger partial charge in [-0.25, -0.2) is 4.79 Å². The molecule has 1 unspecified atom stereocenters. The van der Waals surface area contributed by atoms with Crippen LogP contribution in [0, 0.1) is 0 Å². The van der Waals surface area contributed by atoms with Gasteiger partial charge in [0.15, 0.2) is 5.69 Å². The van der Waals surface area contributed by atoms with Crippen LogP contribution in [-0.2, 0) is 4.74 Å². The highest BCUT2D eigenvalue weighted by atomic mass is 16.6. The van der Waals surface area contributed by atoms with Gasteiger partial charge in [0, 0.05) is 19.3 Å². The summed E-state index contributed by atoms with van der Waals surface area (Å²) in [6, 6.07) is -0.0448. The number of aromatic nitrogens is 2. The average molecular weight is 309 g/mol. The van der Waals surface area contributed by atoms with Crippen LogP contribution in [0.15, 0.2) is 6.20 Å². The minimum Gasteiger partial charge on any atom is -0.444 e. The van der Waals surface area contributed by atoms with Crippen molar-refractivity contribution in [2.45, 2.75) is 45.3 Å². The molecule has 1 aromatic rings. The van der Waals surface area contributed by atoms with E-state index in [1.54, 1.807) is 15.8 Å². The van der Waals surface area contributed by atoms with Gasteiger partial charge in [-0.05, 0) is 33.6 Å². The van der Waals surface area contributed by atoms with Crippen molar-refractivity contribution in [1.82, 2.24) is 14.7 Å². The second-order valence-electron chi connectivity index (χ2n) is 6.50. The van der Waals surface area contributed by atoms with E-state index < -0.39 is 11.5 Å². The third-order valence-electron chi connectivity index (χ3n) is 3.42. The number of primary amides is 1. The van der Waals surface area contributed by atoms with Crippen LogP contribution < -0.4 is 11.5 Å². The molecule has 2 rings (SSSR count). The highest BCUT2D eigenvalue weighted by Gasteiger charge is 2.29. The summed E-state index contributed by atoms with van der Waals surface area (Å²) in [4.78, 5) is 25.0. The van der Waals surface area contributed by atoms with E-state index in [1.807, 2.05) is 20.8 Å². The van der Waals surface area contributed by atoms with E-state index >= 15 is 0 Å². The maximum Gasteiger partial charge on any atom is 0.410 e. The van der Waals surface area contributed by atoms with Gasteiger partial charge in [-0.2, -0.15) is 5.10 Å². The highest BCUT2D eigenvalue weighted by molar-refractivity contribution is 5.95. The number of likely N-dealkylation sites (tertiary alicyclic amines) is 1. The third kappa shape index (κ3) is 3.69. The Kier molecular flexibility index (Phi) is 4.30. The van der Waals surface area contributed by atoms with Gasteiger partial charge < -0.3 is 21.1 Å². The van der Waals surface area contributed by atoms with Gasteiger partial charge in [-0.15, -0.1) is 0 Å². The maximum atomic E-state index is 12.1. The van der Waals surface area contributed by atoms with Crippen LogP contribution in [-0.4, -0.2) is 45.4 Å². The minimum absolute atomic E-state index is 0.0448. The number of hydrogen-bond acceptors (Lipinski definition) is 5. The number of ether oxygens (including phenoxy) is 1. The Hall–Kier alpha value is -2.25. The van der Waals surface area contributed by atoms with Crippen molar-refractivity contribution >= 4 is 17.7 Å². The normalized spacial score (nSPS) is 19.0. The molecule has 0 bridgehead atoms. The largest absolute Gasteiger partial charge is 0.444 e. The van der Waals surface area contributed by atoms with E-state index in [0.717, 1.165) is 12.8 Å². The molecule has 4 N–H and O–H groups in total. The van der Waals surface area contributed by atoms with Crippen molar-refractivity contribution in [2.75, 3.05) is 18.8 Å². The molecule has 0 spiro atoms. The summed E-state index contributed by atoms with van der Waals surface area (Å²) in [6.45, 7) is 6.61. The number of hydrogen-bond donors (Lipinski definition) is 2. The number of nitrogen functional groups attached to an aromatic ring is 1. The van der Waals surface area contributed by atoms with Crippen LogP contribution in [0.4, 0.5) is 10.5 Å². The van der Waals surface area contributed by atoms with Crippen molar-refractivity contribution in [3.05, 3.63) is 11.9 Å². The Morgan fingerprint density at radius 3 is 2.64 bits per heavy atom. The molecule has 22 heavy (non-hydrogen) atoms. The molecular weight excluding hydrogens is 286 g/mol. The zero-order valence-electron chi connectivity index (χ0n) is 13.2. The van der Waals surface area contributed by atoms with Crippen LogP contribution in [0.2, 0.25) is 0 Å². The summed E-state index contributed by atoms with van der Waals surface area (Å²) in [5.41, 5.74) is 10.7. The number of carbonyl (C=O) groups is 2. The molecule has 122 valence electrons. The number of carbonyl (C=O) groups excluding carboxylic acids is 2. The van der Waals surface area contributed by atoms with E-state index in [1.165, 1.54) is 0 Å². The van der Waals surface area contributed by atoms with Crippen molar-refractivity contribution in [3.8, 4) is 0 Å². The standard InChI is InChI=1S/C14H23N5O3/c1-14(2,3)22-13(21)18-6-4-5-9(7-18)19-8-10(15)11(17-19)12(16)20/h8-9H,4-7,15H2,1-3H3,(H2,16,20).